The largest absolute Gasteiger partial charge is 0.311 e. The zero-order valence-corrected chi connectivity index (χ0v) is 10.9. The molecule has 3 heteroatoms. The van der Waals surface area contributed by atoms with Gasteiger partial charge in [0.25, 0.3) is 0 Å². The van der Waals surface area contributed by atoms with Crippen molar-refractivity contribution in [3.05, 3.63) is 35.4 Å². The summed E-state index contributed by atoms with van der Waals surface area (Å²) in [4.78, 5) is 0. The molecule has 1 nitrogen and oxygen atoms in total. The first-order valence-corrected chi connectivity index (χ1v) is 6.84. The molecule has 1 unspecified atom stereocenters. The maximum absolute atomic E-state index is 13.7. The van der Waals surface area contributed by atoms with E-state index in [0.717, 1.165) is 25.5 Å². The minimum absolute atomic E-state index is 0.0187. The van der Waals surface area contributed by atoms with Crippen molar-refractivity contribution in [2.24, 2.45) is 0 Å². The number of benzene rings is 1. The van der Waals surface area contributed by atoms with E-state index in [2.05, 4.69) is 12.2 Å². The third-order valence-electron chi connectivity index (χ3n) is 4.05. The summed E-state index contributed by atoms with van der Waals surface area (Å²) in [7, 11) is 0. The summed E-state index contributed by atoms with van der Waals surface area (Å²) in [5, 5.41) is 3.57. The van der Waals surface area contributed by atoms with Crippen molar-refractivity contribution in [3.8, 4) is 0 Å². The Morgan fingerprint density at radius 3 is 2.78 bits per heavy atom. The molecule has 0 bridgehead atoms. The van der Waals surface area contributed by atoms with E-state index in [9.17, 15) is 8.78 Å². The van der Waals surface area contributed by atoms with Gasteiger partial charge in [-0.25, -0.2) is 8.78 Å². The van der Waals surface area contributed by atoms with E-state index in [1.807, 2.05) is 0 Å². The topological polar surface area (TPSA) is 12.0 Å². The third kappa shape index (κ3) is 3.08. The van der Waals surface area contributed by atoms with Crippen LogP contribution >= 0.6 is 0 Å². The minimum atomic E-state index is -0.504. The van der Waals surface area contributed by atoms with Gasteiger partial charge in [-0.15, -0.1) is 0 Å². The highest BCUT2D eigenvalue weighted by molar-refractivity contribution is 5.21. The standard InChI is InChI=1S/C15H21F2N/c1-2-15(8-4-3-5-9-18-15)11-12-6-7-13(16)10-14(12)17/h6-7,10,18H,2-5,8-9,11H2,1H3. The van der Waals surface area contributed by atoms with Crippen molar-refractivity contribution in [1.82, 2.24) is 5.32 Å². The van der Waals surface area contributed by atoms with Gasteiger partial charge in [0.05, 0.1) is 0 Å². The molecule has 1 aromatic carbocycles. The Hall–Kier alpha value is -0.960. The van der Waals surface area contributed by atoms with Crippen LogP contribution in [0.3, 0.4) is 0 Å². The molecule has 0 radical (unpaired) electrons. The molecule has 2 rings (SSSR count). The van der Waals surface area contributed by atoms with Crippen LogP contribution in [0.4, 0.5) is 8.78 Å². The first-order chi connectivity index (χ1) is 8.65. The van der Waals surface area contributed by atoms with E-state index in [0.29, 0.717) is 12.0 Å². The molecule has 1 heterocycles. The number of rotatable bonds is 3. The SMILES string of the molecule is CCC1(Cc2ccc(F)cc2F)CCCCCN1. The van der Waals surface area contributed by atoms with Crippen molar-refractivity contribution >= 4 is 0 Å². The van der Waals surface area contributed by atoms with Gasteiger partial charge in [0.15, 0.2) is 0 Å². The van der Waals surface area contributed by atoms with Crippen LogP contribution in [-0.2, 0) is 6.42 Å². The van der Waals surface area contributed by atoms with Gasteiger partial charge >= 0.3 is 0 Å². The fourth-order valence-electron chi connectivity index (χ4n) is 2.81. The molecule has 1 fully saturated rings. The molecule has 1 aliphatic rings. The van der Waals surface area contributed by atoms with Crippen LogP contribution in [-0.4, -0.2) is 12.1 Å². The van der Waals surface area contributed by atoms with E-state index < -0.39 is 11.6 Å². The Morgan fingerprint density at radius 2 is 2.06 bits per heavy atom. The average molecular weight is 253 g/mol. The smallest absolute Gasteiger partial charge is 0.129 e. The van der Waals surface area contributed by atoms with Gasteiger partial charge in [-0.05, 0) is 43.9 Å². The van der Waals surface area contributed by atoms with Crippen LogP contribution < -0.4 is 5.32 Å². The van der Waals surface area contributed by atoms with E-state index in [4.69, 9.17) is 0 Å². The summed E-state index contributed by atoms with van der Waals surface area (Å²) < 4.78 is 26.7. The van der Waals surface area contributed by atoms with Gasteiger partial charge in [-0.2, -0.15) is 0 Å². The molecule has 0 saturated carbocycles. The molecule has 1 saturated heterocycles. The normalized spacial score (nSPS) is 24.8. The zero-order chi connectivity index (χ0) is 13.0. The van der Waals surface area contributed by atoms with E-state index in [1.54, 1.807) is 6.07 Å². The second-order valence-electron chi connectivity index (χ2n) is 5.28. The van der Waals surface area contributed by atoms with E-state index >= 15 is 0 Å². The number of hydrogen-bond acceptors (Lipinski definition) is 1. The molecule has 18 heavy (non-hydrogen) atoms. The van der Waals surface area contributed by atoms with Crippen LogP contribution in [0.2, 0.25) is 0 Å². The summed E-state index contributed by atoms with van der Waals surface area (Å²) >= 11 is 0. The van der Waals surface area contributed by atoms with Crippen LogP contribution in [0.25, 0.3) is 0 Å². The second-order valence-corrected chi connectivity index (χ2v) is 5.28. The van der Waals surface area contributed by atoms with Crippen molar-refractivity contribution < 1.29 is 8.78 Å². The van der Waals surface area contributed by atoms with Crippen molar-refractivity contribution in [2.75, 3.05) is 6.54 Å². The maximum Gasteiger partial charge on any atom is 0.129 e. The van der Waals surface area contributed by atoms with E-state index in [-0.39, 0.29) is 5.54 Å². The van der Waals surface area contributed by atoms with Gasteiger partial charge in [0.2, 0.25) is 0 Å². The van der Waals surface area contributed by atoms with Crippen molar-refractivity contribution in [2.45, 2.75) is 51.0 Å². The van der Waals surface area contributed by atoms with Gasteiger partial charge in [-0.3, -0.25) is 0 Å². The first-order valence-electron chi connectivity index (χ1n) is 6.84. The lowest BCUT2D eigenvalue weighted by molar-refractivity contribution is 0.298. The molecule has 0 aliphatic carbocycles. The molecular weight excluding hydrogens is 232 g/mol. The summed E-state index contributed by atoms with van der Waals surface area (Å²) in [6.07, 6.45) is 6.30. The molecule has 0 spiro atoms. The summed E-state index contributed by atoms with van der Waals surface area (Å²) in [5.74, 6) is -0.926. The Bertz CT molecular complexity index is 395. The lowest BCUT2D eigenvalue weighted by atomic mass is 9.84. The second kappa shape index (κ2) is 5.79. The predicted octanol–water partition coefficient (Wildman–Crippen LogP) is 3.82. The van der Waals surface area contributed by atoms with Crippen LogP contribution in [0.15, 0.2) is 18.2 Å². The van der Waals surface area contributed by atoms with Crippen LogP contribution in [0, 0.1) is 11.6 Å². The Labute approximate surface area is 108 Å². The van der Waals surface area contributed by atoms with Gasteiger partial charge < -0.3 is 5.32 Å². The number of hydrogen-bond donors (Lipinski definition) is 1. The Kier molecular flexibility index (Phi) is 4.33. The number of halogens is 2. The molecule has 1 N–H and O–H groups in total. The molecule has 1 aromatic rings. The lowest BCUT2D eigenvalue weighted by Crippen LogP contribution is -2.46. The first kappa shape index (κ1) is 13.5. The lowest BCUT2D eigenvalue weighted by Gasteiger charge is -2.33. The maximum atomic E-state index is 13.7. The average Bonchev–Trinajstić information content (AvgIpc) is 2.59. The molecule has 0 aromatic heterocycles. The third-order valence-corrected chi connectivity index (χ3v) is 4.05. The van der Waals surface area contributed by atoms with Gasteiger partial charge in [0, 0.05) is 11.6 Å². The minimum Gasteiger partial charge on any atom is -0.311 e. The zero-order valence-electron chi connectivity index (χ0n) is 10.9. The fourth-order valence-corrected chi connectivity index (χ4v) is 2.81. The molecule has 0 amide bonds. The van der Waals surface area contributed by atoms with E-state index in [1.165, 1.54) is 25.3 Å². The molecule has 100 valence electrons. The highest BCUT2D eigenvalue weighted by Gasteiger charge is 2.29. The van der Waals surface area contributed by atoms with Crippen LogP contribution in [0.1, 0.15) is 44.6 Å². The molecular formula is C15H21F2N. The fraction of sp³-hybridized carbons (Fsp3) is 0.600. The Balaban J connectivity index is 2.18. The highest BCUT2D eigenvalue weighted by atomic mass is 19.1. The van der Waals surface area contributed by atoms with Crippen molar-refractivity contribution in [3.63, 3.8) is 0 Å². The summed E-state index contributed by atoms with van der Waals surface area (Å²) in [6, 6.07) is 3.91. The predicted molar refractivity (Wildman–Crippen MR) is 69.6 cm³/mol. The molecule has 1 aliphatic heterocycles. The van der Waals surface area contributed by atoms with Gasteiger partial charge in [-0.1, -0.05) is 25.8 Å². The number of nitrogens with one attached hydrogen (secondary N) is 1. The monoisotopic (exact) mass is 253 g/mol. The summed E-state index contributed by atoms with van der Waals surface area (Å²) in [5.41, 5.74) is 0.600. The Morgan fingerprint density at radius 1 is 1.22 bits per heavy atom. The van der Waals surface area contributed by atoms with Gasteiger partial charge in [0.1, 0.15) is 11.6 Å². The summed E-state index contributed by atoms with van der Waals surface area (Å²) in [6.45, 7) is 3.14. The quantitative estimate of drug-likeness (QED) is 0.863. The van der Waals surface area contributed by atoms with Crippen LogP contribution in [0.5, 0.6) is 0 Å². The van der Waals surface area contributed by atoms with Crippen molar-refractivity contribution in [1.29, 1.82) is 0 Å². The highest BCUT2D eigenvalue weighted by Crippen LogP contribution is 2.27. The molecule has 1 atom stereocenters.